The van der Waals surface area contributed by atoms with E-state index in [4.69, 9.17) is 23.2 Å². The minimum Gasteiger partial charge on any atom is -0.354 e. The van der Waals surface area contributed by atoms with Crippen molar-refractivity contribution in [2.75, 3.05) is 13.1 Å². The summed E-state index contributed by atoms with van der Waals surface area (Å²) in [6.07, 6.45) is 7.22. The summed E-state index contributed by atoms with van der Waals surface area (Å²) in [5, 5.41) is 6.44. The van der Waals surface area contributed by atoms with Crippen LogP contribution in [0.4, 0.5) is 0 Å². The van der Waals surface area contributed by atoms with Gasteiger partial charge in [-0.05, 0) is 30.5 Å². The number of hydrogen-bond donors (Lipinski definition) is 2. The van der Waals surface area contributed by atoms with Gasteiger partial charge in [0.1, 0.15) is 0 Å². The standard InChI is InChI=1S/C17H20Cl2N2O2/c18-14-7-3-6-12(16(14)19)8-9-15(22)20-10-11-21-17(23)13-4-1-2-5-13/h3,6-9,13H,1-2,4-5,10-11H2,(H,20,22)(H,21,23)/b9-8+. The summed E-state index contributed by atoms with van der Waals surface area (Å²) in [6.45, 7) is 0.831. The highest BCUT2D eigenvalue weighted by atomic mass is 35.5. The molecule has 0 aliphatic heterocycles. The Morgan fingerprint density at radius 1 is 1.13 bits per heavy atom. The molecule has 0 spiro atoms. The summed E-state index contributed by atoms with van der Waals surface area (Å²) >= 11 is 11.9. The fourth-order valence-electron chi connectivity index (χ4n) is 2.58. The maximum Gasteiger partial charge on any atom is 0.244 e. The largest absolute Gasteiger partial charge is 0.354 e. The molecule has 0 saturated heterocycles. The highest BCUT2D eigenvalue weighted by Crippen LogP contribution is 2.26. The van der Waals surface area contributed by atoms with Crippen LogP contribution >= 0.6 is 23.2 Å². The van der Waals surface area contributed by atoms with Crippen molar-refractivity contribution in [3.63, 3.8) is 0 Å². The average Bonchev–Trinajstić information content (AvgIpc) is 3.07. The van der Waals surface area contributed by atoms with Crippen LogP contribution in [-0.4, -0.2) is 24.9 Å². The van der Waals surface area contributed by atoms with Crippen LogP contribution in [-0.2, 0) is 9.59 Å². The van der Waals surface area contributed by atoms with E-state index in [9.17, 15) is 9.59 Å². The molecule has 4 nitrogen and oxygen atoms in total. The molecule has 1 saturated carbocycles. The second kappa shape index (κ2) is 8.94. The first kappa shape index (κ1) is 17.8. The minimum atomic E-state index is -0.240. The van der Waals surface area contributed by atoms with Gasteiger partial charge in [-0.3, -0.25) is 9.59 Å². The Hall–Kier alpha value is -1.52. The van der Waals surface area contributed by atoms with E-state index in [0.29, 0.717) is 28.7 Å². The molecule has 2 amide bonds. The molecule has 2 N–H and O–H groups in total. The van der Waals surface area contributed by atoms with Crippen molar-refractivity contribution in [3.8, 4) is 0 Å². The van der Waals surface area contributed by atoms with Crippen molar-refractivity contribution >= 4 is 41.1 Å². The molecule has 23 heavy (non-hydrogen) atoms. The Labute approximate surface area is 146 Å². The molecule has 0 radical (unpaired) electrons. The van der Waals surface area contributed by atoms with Crippen LogP contribution in [0.25, 0.3) is 6.08 Å². The Kier molecular flexibility index (Phi) is 6.93. The van der Waals surface area contributed by atoms with Gasteiger partial charge >= 0.3 is 0 Å². The molecular formula is C17H20Cl2N2O2. The molecule has 1 aliphatic rings. The van der Waals surface area contributed by atoms with Gasteiger partial charge in [-0.25, -0.2) is 0 Å². The van der Waals surface area contributed by atoms with E-state index in [2.05, 4.69) is 10.6 Å². The maximum atomic E-state index is 11.8. The van der Waals surface area contributed by atoms with Crippen LogP contribution in [0.3, 0.4) is 0 Å². The fourth-order valence-corrected chi connectivity index (χ4v) is 2.95. The molecule has 0 atom stereocenters. The molecule has 1 aromatic rings. The number of carbonyl (C=O) groups excluding carboxylic acids is 2. The van der Waals surface area contributed by atoms with Crippen LogP contribution in [0.1, 0.15) is 31.2 Å². The zero-order valence-corrected chi connectivity index (χ0v) is 14.3. The van der Waals surface area contributed by atoms with Gasteiger partial charge < -0.3 is 10.6 Å². The molecule has 6 heteroatoms. The molecule has 0 bridgehead atoms. The van der Waals surface area contributed by atoms with E-state index in [1.165, 1.54) is 6.08 Å². The van der Waals surface area contributed by atoms with Crippen LogP contribution in [0.15, 0.2) is 24.3 Å². The summed E-state index contributed by atoms with van der Waals surface area (Å²) in [7, 11) is 0. The Morgan fingerprint density at radius 3 is 2.57 bits per heavy atom. The van der Waals surface area contributed by atoms with E-state index < -0.39 is 0 Å². The van der Waals surface area contributed by atoms with E-state index in [-0.39, 0.29) is 17.7 Å². The Bertz CT molecular complexity index is 596. The average molecular weight is 355 g/mol. The van der Waals surface area contributed by atoms with Crippen LogP contribution in [0.5, 0.6) is 0 Å². The first-order valence-electron chi connectivity index (χ1n) is 7.75. The van der Waals surface area contributed by atoms with E-state index in [0.717, 1.165) is 25.7 Å². The monoisotopic (exact) mass is 354 g/mol. The quantitative estimate of drug-likeness (QED) is 0.607. The lowest BCUT2D eigenvalue weighted by molar-refractivity contribution is -0.125. The van der Waals surface area contributed by atoms with Crippen LogP contribution < -0.4 is 10.6 Å². The first-order valence-corrected chi connectivity index (χ1v) is 8.51. The number of amides is 2. The van der Waals surface area contributed by atoms with Crippen molar-refractivity contribution in [2.45, 2.75) is 25.7 Å². The van der Waals surface area contributed by atoms with Crippen molar-refractivity contribution in [1.29, 1.82) is 0 Å². The Morgan fingerprint density at radius 2 is 1.83 bits per heavy atom. The number of halogens is 2. The minimum absolute atomic E-state index is 0.0954. The molecule has 0 heterocycles. The molecule has 124 valence electrons. The zero-order valence-electron chi connectivity index (χ0n) is 12.8. The second-order valence-corrected chi connectivity index (χ2v) is 6.32. The van der Waals surface area contributed by atoms with Gasteiger partial charge in [-0.2, -0.15) is 0 Å². The normalized spacial score (nSPS) is 15.0. The molecule has 1 fully saturated rings. The van der Waals surface area contributed by atoms with Gasteiger partial charge in [0.2, 0.25) is 11.8 Å². The van der Waals surface area contributed by atoms with Crippen molar-refractivity contribution in [1.82, 2.24) is 10.6 Å². The maximum absolute atomic E-state index is 11.8. The predicted molar refractivity (Wildman–Crippen MR) is 93.5 cm³/mol. The number of hydrogen-bond acceptors (Lipinski definition) is 2. The second-order valence-electron chi connectivity index (χ2n) is 5.54. The summed E-state index contributed by atoms with van der Waals surface area (Å²) in [6, 6.07) is 5.23. The van der Waals surface area contributed by atoms with Gasteiger partial charge in [0.15, 0.2) is 0 Å². The van der Waals surface area contributed by atoms with E-state index >= 15 is 0 Å². The molecule has 0 aromatic heterocycles. The highest BCUT2D eigenvalue weighted by molar-refractivity contribution is 6.42. The third-order valence-corrected chi connectivity index (χ3v) is 4.68. The Balaban J connectivity index is 1.69. The molecule has 0 unspecified atom stereocenters. The molecule has 1 aromatic carbocycles. The van der Waals surface area contributed by atoms with Gasteiger partial charge in [0, 0.05) is 25.1 Å². The summed E-state index contributed by atoms with van der Waals surface area (Å²) in [5.41, 5.74) is 0.684. The third-order valence-electron chi connectivity index (χ3n) is 3.85. The number of rotatable bonds is 6. The van der Waals surface area contributed by atoms with Gasteiger partial charge in [-0.1, -0.05) is 48.2 Å². The van der Waals surface area contributed by atoms with E-state index in [1.807, 2.05) is 0 Å². The zero-order chi connectivity index (χ0) is 16.7. The molecular weight excluding hydrogens is 335 g/mol. The molecule has 2 rings (SSSR count). The smallest absolute Gasteiger partial charge is 0.244 e. The van der Waals surface area contributed by atoms with E-state index in [1.54, 1.807) is 24.3 Å². The van der Waals surface area contributed by atoms with Crippen molar-refractivity contribution in [2.24, 2.45) is 5.92 Å². The fraction of sp³-hybridized carbons (Fsp3) is 0.412. The lowest BCUT2D eigenvalue weighted by Gasteiger charge is -2.10. The summed E-state index contributed by atoms with van der Waals surface area (Å²) < 4.78 is 0. The number of nitrogens with one attached hydrogen (secondary N) is 2. The lowest BCUT2D eigenvalue weighted by Crippen LogP contribution is -2.36. The van der Waals surface area contributed by atoms with Crippen LogP contribution in [0, 0.1) is 5.92 Å². The lowest BCUT2D eigenvalue weighted by atomic mass is 10.1. The predicted octanol–water partition coefficient (Wildman–Crippen LogP) is 3.43. The SMILES string of the molecule is O=C(/C=C/c1cccc(Cl)c1Cl)NCCNC(=O)C1CCCC1. The molecule has 1 aliphatic carbocycles. The number of carbonyl (C=O) groups is 2. The summed E-state index contributed by atoms with van der Waals surface area (Å²) in [5.74, 6) is 0.00438. The van der Waals surface area contributed by atoms with Gasteiger partial charge in [0.25, 0.3) is 0 Å². The van der Waals surface area contributed by atoms with Crippen molar-refractivity contribution in [3.05, 3.63) is 39.9 Å². The number of benzene rings is 1. The summed E-state index contributed by atoms with van der Waals surface area (Å²) in [4.78, 5) is 23.5. The van der Waals surface area contributed by atoms with Crippen LogP contribution in [0.2, 0.25) is 10.0 Å². The first-order chi connectivity index (χ1) is 11.1. The van der Waals surface area contributed by atoms with Gasteiger partial charge in [-0.15, -0.1) is 0 Å². The topological polar surface area (TPSA) is 58.2 Å². The van der Waals surface area contributed by atoms with Gasteiger partial charge in [0.05, 0.1) is 10.0 Å². The van der Waals surface area contributed by atoms with Crippen molar-refractivity contribution < 1.29 is 9.59 Å². The highest BCUT2D eigenvalue weighted by Gasteiger charge is 2.21. The third kappa shape index (κ3) is 5.56.